The summed E-state index contributed by atoms with van der Waals surface area (Å²) in [5.74, 6) is 0.262. The lowest BCUT2D eigenvalue weighted by Gasteiger charge is -2.37. The second-order valence-electron chi connectivity index (χ2n) is 7.00. The second kappa shape index (κ2) is 8.24. The fourth-order valence-corrected chi connectivity index (χ4v) is 3.48. The number of hydrogen-bond acceptors (Lipinski definition) is 5. The minimum atomic E-state index is -0.364. The molecular formula is C20H24N4O4. The number of aromatic nitrogens is 1. The van der Waals surface area contributed by atoms with Crippen LogP contribution < -0.4 is 5.32 Å². The number of aryl methyl sites for hydroxylation is 1. The third-order valence-corrected chi connectivity index (χ3v) is 4.89. The normalized spacial score (nSPS) is 15.7. The summed E-state index contributed by atoms with van der Waals surface area (Å²) in [7, 11) is 1.57. The molecule has 1 aliphatic rings. The highest BCUT2D eigenvalue weighted by molar-refractivity contribution is 5.93. The molecule has 0 saturated heterocycles. The van der Waals surface area contributed by atoms with E-state index >= 15 is 0 Å². The number of carbonyl (C=O) groups is 3. The van der Waals surface area contributed by atoms with Crippen molar-refractivity contribution in [2.24, 2.45) is 0 Å². The molecule has 1 unspecified atom stereocenters. The lowest BCUT2D eigenvalue weighted by Crippen LogP contribution is -2.42. The summed E-state index contributed by atoms with van der Waals surface area (Å²) in [6.45, 7) is 3.71. The number of anilines is 1. The molecule has 0 saturated carbocycles. The lowest BCUT2D eigenvalue weighted by molar-refractivity contribution is -0.137. The van der Waals surface area contributed by atoms with Gasteiger partial charge in [-0.15, -0.1) is 0 Å². The van der Waals surface area contributed by atoms with E-state index < -0.39 is 0 Å². The Morgan fingerprint density at radius 3 is 2.75 bits per heavy atom. The SMILES string of the molecule is CC(=O)N1CCc2ccccc2C1CC(=O)N(C)CC(=O)Nc1cc(C)on1. The van der Waals surface area contributed by atoms with Crippen LogP contribution in [0.25, 0.3) is 0 Å². The third-order valence-electron chi connectivity index (χ3n) is 4.89. The minimum absolute atomic E-state index is 0.0610. The number of amides is 3. The summed E-state index contributed by atoms with van der Waals surface area (Å²) in [5, 5.41) is 6.29. The molecule has 3 rings (SSSR count). The average Bonchev–Trinajstić information content (AvgIpc) is 3.06. The van der Waals surface area contributed by atoms with Gasteiger partial charge in [0.05, 0.1) is 19.0 Å². The van der Waals surface area contributed by atoms with Gasteiger partial charge >= 0.3 is 0 Å². The van der Waals surface area contributed by atoms with Crippen molar-refractivity contribution in [1.82, 2.24) is 15.0 Å². The molecule has 28 heavy (non-hydrogen) atoms. The van der Waals surface area contributed by atoms with Gasteiger partial charge in [0.2, 0.25) is 17.7 Å². The largest absolute Gasteiger partial charge is 0.360 e. The maximum absolute atomic E-state index is 12.8. The van der Waals surface area contributed by atoms with E-state index in [1.54, 1.807) is 24.9 Å². The van der Waals surface area contributed by atoms with Crippen LogP contribution in [0, 0.1) is 6.92 Å². The first kappa shape index (κ1) is 19.6. The molecule has 1 N–H and O–H groups in total. The van der Waals surface area contributed by atoms with Gasteiger partial charge < -0.3 is 19.6 Å². The molecule has 2 heterocycles. The Hall–Kier alpha value is -3.16. The summed E-state index contributed by atoms with van der Waals surface area (Å²) >= 11 is 0. The van der Waals surface area contributed by atoms with Crippen LogP contribution in [0.3, 0.4) is 0 Å². The van der Waals surface area contributed by atoms with Crippen molar-refractivity contribution >= 4 is 23.5 Å². The van der Waals surface area contributed by atoms with Gasteiger partial charge in [0.1, 0.15) is 5.76 Å². The fourth-order valence-electron chi connectivity index (χ4n) is 3.48. The van der Waals surface area contributed by atoms with Crippen LogP contribution in [0.5, 0.6) is 0 Å². The zero-order valence-corrected chi connectivity index (χ0v) is 16.3. The first-order valence-electron chi connectivity index (χ1n) is 9.17. The Bertz CT molecular complexity index is 892. The molecule has 8 heteroatoms. The summed E-state index contributed by atoms with van der Waals surface area (Å²) in [6, 6.07) is 9.14. The van der Waals surface area contributed by atoms with E-state index in [1.165, 1.54) is 11.8 Å². The topological polar surface area (TPSA) is 95.8 Å². The molecule has 1 aromatic heterocycles. The number of nitrogens with one attached hydrogen (secondary N) is 1. The van der Waals surface area contributed by atoms with E-state index in [9.17, 15) is 14.4 Å². The van der Waals surface area contributed by atoms with Crippen LogP contribution in [-0.4, -0.2) is 52.8 Å². The molecule has 1 aliphatic heterocycles. The monoisotopic (exact) mass is 384 g/mol. The van der Waals surface area contributed by atoms with Gasteiger partial charge in [-0.2, -0.15) is 0 Å². The molecule has 0 fully saturated rings. The van der Waals surface area contributed by atoms with E-state index in [0.717, 1.165) is 17.5 Å². The van der Waals surface area contributed by atoms with Crippen molar-refractivity contribution in [3.05, 3.63) is 47.2 Å². The standard InChI is InChI=1S/C20H24N4O4/c1-13-10-18(22-28-13)21-19(26)12-23(3)20(27)11-17-16-7-5-4-6-15(16)8-9-24(17)14(2)25/h4-7,10,17H,8-9,11-12H2,1-3H3,(H,21,22,26). The second-order valence-corrected chi connectivity index (χ2v) is 7.00. The van der Waals surface area contributed by atoms with Gasteiger partial charge in [-0.05, 0) is 24.5 Å². The maximum atomic E-state index is 12.8. The Balaban J connectivity index is 1.66. The van der Waals surface area contributed by atoms with Crippen LogP contribution in [-0.2, 0) is 20.8 Å². The number of likely N-dealkylation sites (N-methyl/N-ethyl adjacent to an activating group) is 1. The van der Waals surface area contributed by atoms with Gasteiger partial charge in [0.15, 0.2) is 5.82 Å². The molecule has 0 aliphatic carbocycles. The van der Waals surface area contributed by atoms with Crippen molar-refractivity contribution in [2.45, 2.75) is 32.7 Å². The minimum Gasteiger partial charge on any atom is -0.360 e. The third kappa shape index (κ3) is 4.39. The molecule has 8 nitrogen and oxygen atoms in total. The van der Waals surface area contributed by atoms with Crippen molar-refractivity contribution in [2.75, 3.05) is 25.5 Å². The molecule has 0 bridgehead atoms. The lowest BCUT2D eigenvalue weighted by atomic mass is 9.90. The summed E-state index contributed by atoms with van der Waals surface area (Å²) in [5.41, 5.74) is 2.15. The predicted octanol–water partition coefficient (Wildman–Crippen LogP) is 1.92. The summed E-state index contributed by atoms with van der Waals surface area (Å²) < 4.78 is 4.90. The van der Waals surface area contributed by atoms with Crippen molar-refractivity contribution in [3.8, 4) is 0 Å². The molecule has 148 valence electrons. The molecule has 3 amide bonds. The van der Waals surface area contributed by atoms with Crippen LogP contribution >= 0.6 is 0 Å². The molecule has 0 spiro atoms. The van der Waals surface area contributed by atoms with E-state index in [4.69, 9.17) is 4.52 Å². The van der Waals surface area contributed by atoms with Crippen molar-refractivity contribution in [3.63, 3.8) is 0 Å². The average molecular weight is 384 g/mol. The highest BCUT2D eigenvalue weighted by atomic mass is 16.5. The number of carbonyl (C=O) groups excluding carboxylic acids is 3. The van der Waals surface area contributed by atoms with Crippen LogP contribution in [0.15, 0.2) is 34.9 Å². The number of nitrogens with zero attached hydrogens (tertiary/aromatic N) is 3. The van der Waals surface area contributed by atoms with E-state index in [0.29, 0.717) is 18.1 Å². The van der Waals surface area contributed by atoms with Gasteiger partial charge in [0.25, 0.3) is 0 Å². The smallest absolute Gasteiger partial charge is 0.245 e. The van der Waals surface area contributed by atoms with Crippen LogP contribution in [0.2, 0.25) is 0 Å². The Kier molecular flexibility index (Phi) is 5.77. The van der Waals surface area contributed by atoms with Crippen LogP contribution in [0.4, 0.5) is 5.82 Å². The molecular weight excluding hydrogens is 360 g/mol. The Labute approximate surface area is 163 Å². The zero-order valence-electron chi connectivity index (χ0n) is 16.3. The zero-order chi connectivity index (χ0) is 20.3. The van der Waals surface area contributed by atoms with Crippen molar-refractivity contribution in [1.29, 1.82) is 0 Å². The van der Waals surface area contributed by atoms with Gasteiger partial charge in [-0.25, -0.2) is 0 Å². The number of rotatable bonds is 5. The van der Waals surface area contributed by atoms with E-state index in [2.05, 4.69) is 10.5 Å². The summed E-state index contributed by atoms with van der Waals surface area (Å²) in [6.07, 6.45) is 0.902. The van der Waals surface area contributed by atoms with E-state index in [-0.39, 0.29) is 36.7 Å². The number of hydrogen-bond donors (Lipinski definition) is 1. The molecule has 1 aromatic carbocycles. The first-order chi connectivity index (χ1) is 13.3. The molecule has 1 atom stereocenters. The highest BCUT2D eigenvalue weighted by Crippen LogP contribution is 2.32. The number of benzene rings is 1. The quantitative estimate of drug-likeness (QED) is 0.850. The predicted molar refractivity (Wildman–Crippen MR) is 102 cm³/mol. The van der Waals surface area contributed by atoms with Crippen LogP contribution in [0.1, 0.15) is 36.3 Å². The summed E-state index contributed by atoms with van der Waals surface area (Å²) in [4.78, 5) is 40.1. The highest BCUT2D eigenvalue weighted by Gasteiger charge is 2.31. The van der Waals surface area contributed by atoms with Gasteiger partial charge in [0, 0.05) is 26.6 Å². The van der Waals surface area contributed by atoms with Crippen molar-refractivity contribution < 1.29 is 18.9 Å². The number of fused-ring (bicyclic) bond motifs is 1. The van der Waals surface area contributed by atoms with E-state index in [1.807, 2.05) is 24.3 Å². The van der Waals surface area contributed by atoms with Gasteiger partial charge in [-0.3, -0.25) is 14.4 Å². The maximum Gasteiger partial charge on any atom is 0.245 e. The molecule has 0 radical (unpaired) electrons. The Morgan fingerprint density at radius 1 is 1.32 bits per heavy atom. The first-order valence-corrected chi connectivity index (χ1v) is 9.17. The molecule has 2 aromatic rings. The Morgan fingerprint density at radius 2 is 2.07 bits per heavy atom. The van der Waals surface area contributed by atoms with Gasteiger partial charge in [-0.1, -0.05) is 29.4 Å². The fraction of sp³-hybridized carbons (Fsp3) is 0.400.